The van der Waals surface area contributed by atoms with Crippen molar-refractivity contribution < 1.29 is 13.9 Å². The summed E-state index contributed by atoms with van der Waals surface area (Å²) in [5, 5.41) is 0.360. The van der Waals surface area contributed by atoms with Gasteiger partial charge in [0.25, 0.3) is 0 Å². The number of hydrogen-bond donors (Lipinski definition) is 0. The minimum Gasteiger partial charge on any atom is -0.437 e. The van der Waals surface area contributed by atoms with E-state index in [2.05, 4.69) is 9.97 Å². The van der Waals surface area contributed by atoms with Gasteiger partial charge >= 0.3 is 0 Å². The average molecular weight is 303 g/mol. The second-order valence-corrected chi connectivity index (χ2v) is 4.35. The normalized spacial score (nSPS) is 10.5. The first-order valence-corrected chi connectivity index (χ1v) is 5.99. The lowest BCUT2D eigenvalue weighted by molar-refractivity contribution is 0.177. The molecule has 0 saturated heterocycles. The van der Waals surface area contributed by atoms with Crippen molar-refractivity contribution in [3.63, 3.8) is 0 Å². The van der Waals surface area contributed by atoms with Crippen LogP contribution in [0.5, 0.6) is 11.6 Å². The Kier molecular flexibility index (Phi) is 4.52. The lowest BCUT2D eigenvalue weighted by atomic mass is 10.3. The SMILES string of the molecule is COCc1nc(Cl)cc(Oc2ccc(F)cc2Cl)n1. The summed E-state index contributed by atoms with van der Waals surface area (Å²) < 4.78 is 23.3. The van der Waals surface area contributed by atoms with Gasteiger partial charge in [0, 0.05) is 13.2 Å². The minimum absolute atomic E-state index is 0.142. The molecule has 0 saturated carbocycles. The van der Waals surface area contributed by atoms with Crippen LogP contribution in [0.25, 0.3) is 0 Å². The molecule has 1 aromatic heterocycles. The summed E-state index contributed by atoms with van der Waals surface area (Å²) in [4.78, 5) is 8.05. The Balaban J connectivity index is 2.27. The van der Waals surface area contributed by atoms with E-state index in [1.807, 2.05) is 0 Å². The van der Waals surface area contributed by atoms with Gasteiger partial charge in [-0.05, 0) is 18.2 Å². The molecule has 0 fully saturated rings. The van der Waals surface area contributed by atoms with Crippen molar-refractivity contribution >= 4 is 23.2 Å². The molecule has 0 aliphatic heterocycles. The molecule has 0 bridgehead atoms. The fraction of sp³-hybridized carbons (Fsp3) is 0.167. The maximum absolute atomic E-state index is 12.9. The van der Waals surface area contributed by atoms with Crippen LogP contribution in [0, 0.1) is 5.82 Å². The lowest BCUT2D eigenvalue weighted by Gasteiger charge is -2.08. The zero-order valence-electron chi connectivity index (χ0n) is 9.86. The third-order valence-electron chi connectivity index (χ3n) is 2.10. The molecule has 0 aliphatic rings. The number of rotatable bonds is 4. The quantitative estimate of drug-likeness (QED) is 0.804. The Morgan fingerprint density at radius 2 is 2.00 bits per heavy atom. The molecule has 0 unspecified atom stereocenters. The predicted octanol–water partition coefficient (Wildman–Crippen LogP) is 3.86. The summed E-state index contributed by atoms with van der Waals surface area (Å²) in [6, 6.07) is 5.22. The van der Waals surface area contributed by atoms with Gasteiger partial charge in [0.15, 0.2) is 5.82 Å². The van der Waals surface area contributed by atoms with E-state index in [1.165, 1.54) is 25.3 Å². The van der Waals surface area contributed by atoms with Gasteiger partial charge in [-0.3, -0.25) is 0 Å². The molecule has 0 aliphatic carbocycles. The Morgan fingerprint density at radius 1 is 1.21 bits per heavy atom. The van der Waals surface area contributed by atoms with Gasteiger partial charge in [0.2, 0.25) is 5.88 Å². The monoisotopic (exact) mass is 302 g/mol. The highest BCUT2D eigenvalue weighted by molar-refractivity contribution is 6.32. The summed E-state index contributed by atoms with van der Waals surface area (Å²) in [6.07, 6.45) is 0. The lowest BCUT2D eigenvalue weighted by Crippen LogP contribution is -1.99. The fourth-order valence-electron chi connectivity index (χ4n) is 1.36. The van der Waals surface area contributed by atoms with Crippen LogP contribution in [0.15, 0.2) is 24.3 Å². The first kappa shape index (κ1) is 14.0. The van der Waals surface area contributed by atoms with Crippen molar-refractivity contribution in [1.82, 2.24) is 9.97 Å². The molecule has 100 valence electrons. The van der Waals surface area contributed by atoms with Crippen molar-refractivity contribution in [2.75, 3.05) is 7.11 Å². The number of hydrogen-bond acceptors (Lipinski definition) is 4. The molecule has 0 spiro atoms. The van der Waals surface area contributed by atoms with Crippen LogP contribution in [0.2, 0.25) is 10.2 Å². The van der Waals surface area contributed by atoms with E-state index in [4.69, 9.17) is 32.7 Å². The Hall–Kier alpha value is -1.43. The van der Waals surface area contributed by atoms with E-state index in [0.29, 0.717) is 5.82 Å². The van der Waals surface area contributed by atoms with Crippen molar-refractivity contribution in [1.29, 1.82) is 0 Å². The minimum atomic E-state index is -0.446. The first-order valence-electron chi connectivity index (χ1n) is 5.24. The van der Waals surface area contributed by atoms with Gasteiger partial charge in [-0.1, -0.05) is 23.2 Å². The van der Waals surface area contributed by atoms with Crippen molar-refractivity contribution in [3.05, 3.63) is 46.1 Å². The molecular formula is C12H9Cl2FN2O2. The first-order chi connectivity index (χ1) is 9.08. The number of nitrogens with zero attached hydrogens (tertiary/aromatic N) is 2. The van der Waals surface area contributed by atoms with Crippen molar-refractivity contribution in [2.24, 2.45) is 0 Å². The van der Waals surface area contributed by atoms with Crippen LogP contribution in [-0.2, 0) is 11.3 Å². The zero-order chi connectivity index (χ0) is 13.8. The summed E-state index contributed by atoms with van der Waals surface area (Å²) >= 11 is 11.7. The standard InChI is InChI=1S/C12H9Cl2FN2O2/c1-18-6-11-16-10(14)5-12(17-11)19-9-3-2-7(15)4-8(9)13/h2-5H,6H2,1H3. The van der Waals surface area contributed by atoms with Gasteiger partial charge < -0.3 is 9.47 Å². The van der Waals surface area contributed by atoms with Crippen molar-refractivity contribution in [2.45, 2.75) is 6.61 Å². The second-order valence-electron chi connectivity index (χ2n) is 3.55. The molecule has 0 atom stereocenters. The average Bonchev–Trinajstić information content (AvgIpc) is 2.32. The number of benzene rings is 1. The summed E-state index contributed by atoms with van der Waals surface area (Å²) in [6.45, 7) is 0.202. The summed E-state index contributed by atoms with van der Waals surface area (Å²) in [5.74, 6) is 0.420. The summed E-state index contributed by atoms with van der Waals surface area (Å²) in [7, 11) is 1.52. The van der Waals surface area contributed by atoms with Gasteiger partial charge in [-0.25, -0.2) is 9.37 Å². The molecule has 2 rings (SSSR count). The molecule has 19 heavy (non-hydrogen) atoms. The maximum Gasteiger partial charge on any atom is 0.224 e. The second kappa shape index (κ2) is 6.14. The fourth-order valence-corrected chi connectivity index (χ4v) is 1.76. The molecule has 0 N–H and O–H groups in total. The van der Waals surface area contributed by atoms with E-state index in [-0.39, 0.29) is 28.4 Å². The molecule has 7 heteroatoms. The Labute approximate surface area is 119 Å². The van der Waals surface area contributed by atoms with E-state index < -0.39 is 5.82 Å². The van der Waals surface area contributed by atoms with Crippen LogP contribution >= 0.6 is 23.2 Å². The van der Waals surface area contributed by atoms with E-state index in [0.717, 1.165) is 6.07 Å². The van der Waals surface area contributed by atoms with Crippen molar-refractivity contribution in [3.8, 4) is 11.6 Å². The predicted molar refractivity (Wildman–Crippen MR) is 69.2 cm³/mol. The van der Waals surface area contributed by atoms with Gasteiger partial charge in [0.1, 0.15) is 23.3 Å². The highest BCUT2D eigenvalue weighted by atomic mass is 35.5. The highest BCUT2D eigenvalue weighted by Gasteiger charge is 2.08. The third-order valence-corrected chi connectivity index (χ3v) is 2.59. The Bertz CT molecular complexity index is 596. The molecule has 4 nitrogen and oxygen atoms in total. The highest BCUT2D eigenvalue weighted by Crippen LogP contribution is 2.29. The molecular weight excluding hydrogens is 294 g/mol. The van der Waals surface area contributed by atoms with Crippen LogP contribution in [0.4, 0.5) is 4.39 Å². The Morgan fingerprint density at radius 3 is 2.68 bits per heavy atom. The van der Waals surface area contributed by atoms with Crippen LogP contribution in [0.1, 0.15) is 5.82 Å². The smallest absolute Gasteiger partial charge is 0.224 e. The number of methoxy groups -OCH3 is 1. The molecule has 0 radical (unpaired) electrons. The molecule has 1 aromatic carbocycles. The van der Waals surface area contributed by atoms with Gasteiger partial charge in [-0.2, -0.15) is 4.98 Å². The third kappa shape index (κ3) is 3.76. The topological polar surface area (TPSA) is 44.2 Å². The van der Waals surface area contributed by atoms with Gasteiger partial charge in [0.05, 0.1) is 5.02 Å². The van der Waals surface area contributed by atoms with Gasteiger partial charge in [-0.15, -0.1) is 0 Å². The zero-order valence-corrected chi connectivity index (χ0v) is 11.4. The molecule has 2 aromatic rings. The molecule has 1 heterocycles. The number of halogens is 3. The number of aromatic nitrogens is 2. The summed E-state index contributed by atoms with van der Waals surface area (Å²) in [5.41, 5.74) is 0. The maximum atomic E-state index is 12.9. The number of ether oxygens (including phenoxy) is 2. The van der Waals surface area contributed by atoms with E-state index >= 15 is 0 Å². The largest absolute Gasteiger partial charge is 0.437 e. The van der Waals surface area contributed by atoms with E-state index in [9.17, 15) is 4.39 Å². The van der Waals surface area contributed by atoms with Crippen LogP contribution in [0.3, 0.4) is 0 Å². The van der Waals surface area contributed by atoms with Crippen LogP contribution in [-0.4, -0.2) is 17.1 Å². The van der Waals surface area contributed by atoms with Crippen LogP contribution < -0.4 is 4.74 Å². The van der Waals surface area contributed by atoms with E-state index in [1.54, 1.807) is 0 Å². The molecule has 0 amide bonds.